The maximum absolute atomic E-state index is 12.5. The first kappa shape index (κ1) is 20.2. The minimum absolute atomic E-state index is 0.125. The summed E-state index contributed by atoms with van der Waals surface area (Å²) in [6.07, 6.45) is 4.26. The van der Waals surface area contributed by atoms with E-state index in [0.717, 1.165) is 43.4 Å². The van der Waals surface area contributed by atoms with Gasteiger partial charge in [-0.25, -0.2) is 14.8 Å². The van der Waals surface area contributed by atoms with E-state index in [1.165, 1.54) is 11.3 Å². The fraction of sp³-hybridized carbons (Fsp3) is 0.474. The Labute approximate surface area is 168 Å². The van der Waals surface area contributed by atoms with Gasteiger partial charge in [-0.2, -0.15) is 0 Å². The van der Waals surface area contributed by atoms with E-state index in [9.17, 15) is 9.59 Å². The first-order valence-corrected chi connectivity index (χ1v) is 10.3. The van der Waals surface area contributed by atoms with Gasteiger partial charge >= 0.3 is 5.97 Å². The number of carbonyl (C=O) groups excluding carboxylic acids is 2. The van der Waals surface area contributed by atoms with E-state index in [-0.39, 0.29) is 12.5 Å². The number of carbonyl (C=O) groups is 2. The Morgan fingerprint density at radius 2 is 1.89 bits per heavy atom. The van der Waals surface area contributed by atoms with Gasteiger partial charge in [0, 0.05) is 43.4 Å². The zero-order valence-electron chi connectivity index (χ0n) is 16.2. The van der Waals surface area contributed by atoms with E-state index in [4.69, 9.17) is 4.74 Å². The fourth-order valence-corrected chi connectivity index (χ4v) is 4.00. The summed E-state index contributed by atoms with van der Waals surface area (Å²) in [6, 6.07) is 3.60. The predicted molar refractivity (Wildman–Crippen MR) is 109 cm³/mol. The molecule has 0 aliphatic carbocycles. The van der Waals surface area contributed by atoms with E-state index in [2.05, 4.69) is 25.1 Å². The topological polar surface area (TPSA) is 87.7 Å². The molecule has 9 heteroatoms. The maximum Gasteiger partial charge on any atom is 0.341 e. The van der Waals surface area contributed by atoms with Crippen LogP contribution in [0.25, 0.3) is 0 Å². The van der Waals surface area contributed by atoms with E-state index in [1.807, 2.05) is 6.92 Å². The van der Waals surface area contributed by atoms with Crippen molar-refractivity contribution in [3.05, 3.63) is 35.0 Å². The Balaban J connectivity index is 1.55. The Kier molecular flexibility index (Phi) is 6.94. The quantitative estimate of drug-likeness (QED) is 0.708. The SMILES string of the molecule is CCOC(=O)c1cc(CC)sc1NC(=O)CN1CCN(c2ncccn2)CC1. The highest BCUT2D eigenvalue weighted by Gasteiger charge is 2.22. The first-order chi connectivity index (χ1) is 13.6. The standard InChI is InChI=1S/C19H25N5O3S/c1-3-14-12-15(18(26)27-4-2)17(28-14)22-16(25)13-23-8-10-24(11-9-23)19-20-6-5-7-21-19/h5-7,12H,3-4,8-11,13H2,1-2H3,(H,22,25). The maximum atomic E-state index is 12.5. The molecule has 150 valence electrons. The molecule has 28 heavy (non-hydrogen) atoms. The van der Waals surface area contributed by atoms with Crippen LogP contribution in [0.15, 0.2) is 24.5 Å². The molecular weight excluding hydrogens is 378 g/mol. The van der Waals surface area contributed by atoms with Crippen molar-refractivity contribution in [2.75, 3.05) is 49.5 Å². The van der Waals surface area contributed by atoms with Crippen LogP contribution in [0.5, 0.6) is 0 Å². The van der Waals surface area contributed by atoms with Crippen molar-refractivity contribution in [1.82, 2.24) is 14.9 Å². The number of anilines is 2. The van der Waals surface area contributed by atoms with Crippen molar-refractivity contribution in [2.24, 2.45) is 0 Å². The smallest absolute Gasteiger partial charge is 0.341 e. The Morgan fingerprint density at radius 3 is 2.54 bits per heavy atom. The molecule has 1 saturated heterocycles. The van der Waals surface area contributed by atoms with Gasteiger partial charge in [-0.05, 0) is 25.5 Å². The van der Waals surface area contributed by atoms with Gasteiger partial charge in [-0.1, -0.05) is 6.92 Å². The number of aromatic nitrogens is 2. The zero-order valence-corrected chi connectivity index (χ0v) is 17.0. The number of thiophene rings is 1. The molecule has 1 aliphatic rings. The van der Waals surface area contributed by atoms with Gasteiger partial charge < -0.3 is 15.0 Å². The number of nitrogens with zero attached hydrogens (tertiary/aromatic N) is 4. The molecule has 1 N–H and O–H groups in total. The Hall–Kier alpha value is -2.52. The molecule has 2 aromatic rings. The highest BCUT2D eigenvalue weighted by molar-refractivity contribution is 7.16. The molecule has 0 saturated carbocycles. The average molecular weight is 404 g/mol. The van der Waals surface area contributed by atoms with Gasteiger partial charge in [-0.3, -0.25) is 9.69 Å². The summed E-state index contributed by atoms with van der Waals surface area (Å²) in [6.45, 7) is 7.41. The molecule has 0 atom stereocenters. The number of ether oxygens (including phenoxy) is 1. The molecule has 3 rings (SSSR count). The lowest BCUT2D eigenvalue weighted by atomic mass is 10.2. The number of rotatable bonds is 7. The molecule has 2 aromatic heterocycles. The third-order valence-electron chi connectivity index (χ3n) is 4.45. The molecule has 0 unspecified atom stereocenters. The molecule has 1 amide bonds. The van der Waals surface area contributed by atoms with Crippen molar-refractivity contribution >= 4 is 34.2 Å². The van der Waals surface area contributed by atoms with Crippen LogP contribution in [0.3, 0.4) is 0 Å². The van der Waals surface area contributed by atoms with Crippen molar-refractivity contribution in [1.29, 1.82) is 0 Å². The van der Waals surface area contributed by atoms with E-state index in [0.29, 0.717) is 17.2 Å². The van der Waals surface area contributed by atoms with Gasteiger partial charge in [0.1, 0.15) is 5.00 Å². The Bertz CT molecular complexity index is 803. The zero-order chi connectivity index (χ0) is 19.9. The highest BCUT2D eigenvalue weighted by Crippen LogP contribution is 2.29. The van der Waals surface area contributed by atoms with Crippen molar-refractivity contribution in [3.8, 4) is 0 Å². The van der Waals surface area contributed by atoms with Gasteiger partial charge in [0.15, 0.2) is 0 Å². The van der Waals surface area contributed by atoms with E-state index in [1.54, 1.807) is 31.5 Å². The molecule has 8 nitrogen and oxygen atoms in total. The van der Waals surface area contributed by atoms with Crippen LogP contribution in [0.2, 0.25) is 0 Å². The lowest BCUT2D eigenvalue weighted by molar-refractivity contribution is -0.117. The van der Waals surface area contributed by atoms with Crippen LogP contribution in [0, 0.1) is 0 Å². The molecule has 0 spiro atoms. The van der Waals surface area contributed by atoms with E-state index >= 15 is 0 Å². The summed E-state index contributed by atoms with van der Waals surface area (Å²) in [5.41, 5.74) is 0.433. The second-order valence-corrected chi connectivity index (χ2v) is 7.53. The minimum Gasteiger partial charge on any atom is -0.462 e. The lowest BCUT2D eigenvalue weighted by Crippen LogP contribution is -2.49. The second-order valence-electron chi connectivity index (χ2n) is 6.39. The number of esters is 1. The van der Waals surface area contributed by atoms with Crippen LogP contribution in [-0.2, 0) is 16.0 Å². The Morgan fingerprint density at radius 1 is 1.18 bits per heavy atom. The van der Waals surface area contributed by atoms with E-state index < -0.39 is 5.97 Å². The van der Waals surface area contributed by atoms with Crippen molar-refractivity contribution < 1.29 is 14.3 Å². The summed E-state index contributed by atoms with van der Waals surface area (Å²) in [5.74, 6) is 0.195. The second kappa shape index (κ2) is 9.61. The summed E-state index contributed by atoms with van der Waals surface area (Å²) < 4.78 is 5.10. The number of piperazine rings is 1. The number of hydrogen-bond donors (Lipinski definition) is 1. The summed E-state index contributed by atoms with van der Waals surface area (Å²) in [7, 11) is 0. The third kappa shape index (κ3) is 5.05. The van der Waals surface area contributed by atoms with Crippen LogP contribution in [0.1, 0.15) is 29.1 Å². The molecule has 1 aliphatic heterocycles. The van der Waals surface area contributed by atoms with Gasteiger partial charge in [-0.15, -0.1) is 11.3 Å². The molecule has 0 aromatic carbocycles. The molecule has 0 radical (unpaired) electrons. The monoisotopic (exact) mass is 403 g/mol. The molecular formula is C19H25N5O3S. The molecule has 3 heterocycles. The summed E-state index contributed by atoms with van der Waals surface area (Å²) in [4.78, 5) is 38.4. The van der Waals surface area contributed by atoms with Crippen molar-refractivity contribution in [2.45, 2.75) is 20.3 Å². The first-order valence-electron chi connectivity index (χ1n) is 9.44. The average Bonchev–Trinajstić information content (AvgIpc) is 3.12. The van der Waals surface area contributed by atoms with Crippen molar-refractivity contribution in [3.63, 3.8) is 0 Å². The number of aryl methyl sites for hydroxylation is 1. The third-order valence-corrected chi connectivity index (χ3v) is 5.65. The minimum atomic E-state index is -0.398. The summed E-state index contributed by atoms with van der Waals surface area (Å²) in [5, 5.41) is 3.46. The molecule has 0 bridgehead atoms. The summed E-state index contributed by atoms with van der Waals surface area (Å²) >= 11 is 1.43. The van der Waals surface area contributed by atoms with Gasteiger partial charge in [0.05, 0.1) is 18.7 Å². The lowest BCUT2D eigenvalue weighted by Gasteiger charge is -2.34. The van der Waals surface area contributed by atoms with Crippen LogP contribution < -0.4 is 10.2 Å². The number of hydrogen-bond acceptors (Lipinski definition) is 8. The molecule has 1 fully saturated rings. The van der Waals surface area contributed by atoms with Crippen LogP contribution in [0.4, 0.5) is 10.9 Å². The number of nitrogens with one attached hydrogen (secondary N) is 1. The normalized spacial score (nSPS) is 14.7. The fourth-order valence-electron chi connectivity index (χ4n) is 3.00. The van der Waals surface area contributed by atoms with Gasteiger partial charge in [0.2, 0.25) is 11.9 Å². The number of amides is 1. The largest absolute Gasteiger partial charge is 0.462 e. The van der Waals surface area contributed by atoms with Crippen LogP contribution in [-0.4, -0.2) is 66.1 Å². The van der Waals surface area contributed by atoms with Gasteiger partial charge in [0.25, 0.3) is 0 Å². The highest BCUT2D eigenvalue weighted by atomic mass is 32.1. The predicted octanol–water partition coefficient (Wildman–Crippen LogP) is 2.04. The van der Waals surface area contributed by atoms with Crippen LogP contribution >= 0.6 is 11.3 Å².